The first-order chi connectivity index (χ1) is 13.9. The van der Waals surface area contributed by atoms with E-state index in [1.165, 1.54) is 24.3 Å². The maximum atomic E-state index is 12.2. The minimum absolute atomic E-state index is 0.139. The van der Waals surface area contributed by atoms with E-state index in [1.807, 2.05) is 20.8 Å². The lowest BCUT2D eigenvalue weighted by Gasteiger charge is -2.34. The summed E-state index contributed by atoms with van der Waals surface area (Å²) in [6.45, 7) is 7.12. The molecule has 0 radical (unpaired) electrons. The van der Waals surface area contributed by atoms with Gasteiger partial charge in [0.1, 0.15) is 11.4 Å². The molecule has 1 saturated heterocycles. The smallest absolute Gasteiger partial charge is 0.444 e. The van der Waals surface area contributed by atoms with Crippen LogP contribution in [0.1, 0.15) is 45.6 Å². The Kier molecular flexibility index (Phi) is 7.97. The molecule has 1 aliphatic heterocycles. The summed E-state index contributed by atoms with van der Waals surface area (Å²) in [5, 5.41) is 2.88. The number of rotatable bonds is 6. The molecule has 1 unspecified atom stereocenters. The molecule has 0 spiro atoms. The number of carbonyl (C=O) groups excluding carboxylic acids is 2. The van der Waals surface area contributed by atoms with Crippen molar-refractivity contribution in [1.29, 1.82) is 0 Å². The number of likely N-dealkylation sites (tertiary alicyclic amines) is 1. The Hall–Kier alpha value is -2.45. The second kappa shape index (κ2) is 10.0. The van der Waals surface area contributed by atoms with Gasteiger partial charge in [0.25, 0.3) is 0 Å². The third-order valence-corrected chi connectivity index (χ3v) is 4.56. The average Bonchev–Trinajstić information content (AvgIpc) is 2.63. The standard InChI is InChI=1S/C21H29F3N2O4/c1-20(2,3)30-19(28)26-12-4-5-16(14-26)13-25-18(27)11-8-15-6-9-17(10-7-15)29-21(22,23)24/h6-7,9-10,16H,4-5,8,11-14H2,1-3H3,(H,25,27). The van der Waals surface area contributed by atoms with Gasteiger partial charge in [-0.1, -0.05) is 12.1 Å². The number of nitrogens with zero attached hydrogens (tertiary/aromatic N) is 1. The lowest BCUT2D eigenvalue weighted by atomic mass is 9.98. The van der Waals surface area contributed by atoms with Gasteiger partial charge in [0.2, 0.25) is 5.91 Å². The largest absolute Gasteiger partial charge is 0.573 e. The number of halogens is 3. The summed E-state index contributed by atoms with van der Waals surface area (Å²) in [7, 11) is 0. The van der Waals surface area contributed by atoms with E-state index in [0.29, 0.717) is 26.1 Å². The number of nitrogens with one attached hydrogen (secondary N) is 1. The average molecular weight is 430 g/mol. The van der Waals surface area contributed by atoms with Crippen molar-refractivity contribution in [2.24, 2.45) is 5.92 Å². The molecule has 2 rings (SSSR count). The Labute approximate surface area is 174 Å². The predicted molar refractivity (Wildman–Crippen MR) is 105 cm³/mol. The fourth-order valence-electron chi connectivity index (χ4n) is 3.19. The molecule has 1 N–H and O–H groups in total. The molecule has 6 nitrogen and oxygen atoms in total. The van der Waals surface area contributed by atoms with Gasteiger partial charge in [-0.05, 0) is 63.6 Å². The SMILES string of the molecule is CC(C)(C)OC(=O)N1CCCC(CNC(=O)CCc2ccc(OC(F)(F)F)cc2)C1. The molecule has 0 bridgehead atoms. The summed E-state index contributed by atoms with van der Waals surface area (Å²) in [6, 6.07) is 5.48. The summed E-state index contributed by atoms with van der Waals surface area (Å²) in [5.41, 5.74) is 0.198. The summed E-state index contributed by atoms with van der Waals surface area (Å²) in [4.78, 5) is 26.0. The van der Waals surface area contributed by atoms with Crippen molar-refractivity contribution in [2.75, 3.05) is 19.6 Å². The highest BCUT2D eigenvalue weighted by atomic mass is 19.4. The van der Waals surface area contributed by atoms with Crippen molar-refractivity contribution >= 4 is 12.0 Å². The van der Waals surface area contributed by atoms with Crippen LogP contribution < -0.4 is 10.1 Å². The molecule has 1 aromatic rings. The summed E-state index contributed by atoms with van der Waals surface area (Å²) in [6.07, 6.45) is -2.66. The van der Waals surface area contributed by atoms with Crippen LogP contribution in [0.4, 0.5) is 18.0 Å². The van der Waals surface area contributed by atoms with Gasteiger partial charge in [0.05, 0.1) is 0 Å². The number of aryl methyl sites for hydroxylation is 1. The van der Waals surface area contributed by atoms with Crippen LogP contribution in [0.2, 0.25) is 0 Å². The summed E-state index contributed by atoms with van der Waals surface area (Å²) >= 11 is 0. The van der Waals surface area contributed by atoms with E-state index in [0.717, 1.165) is 18.4 Å². The van der Waals surface area contributed by atoms with E-state index in [4.69, 9.17) is 4.74 Å². The van der Waals surface area contributed by atoms with Gasteiger partial charge >= 0.3 is 12.5 Å². The Morgan fingerprint density at radius 1 is 1.17 bits per heavy atom. The van der Waals surface area contributed by atoms with Gasteiger partial charge in [-0.25, -0.2) is 4.79 Å². The van der Waals surface area contributed by atoms with Crippen LogP contribution in [0, 0.1) is 5.92 Å². The van der Waals surface area contributed by atoms with Gasteiger partial charge in [0.15, 0.2) is 0 Å². The van der Waals surface area contributed by atoms with Crippen LogP contribution in [-0.4, -0.2) is 48.5 Å². The third kappa shape index (κ3) is 8.92. The Balaban J connectivity index is 1.72. The fourth-order valence-corrected chi connectivity index (χ4v) is 3.19. The number of alkyl halides is 3. The molecule has 1 aliphatic rings. The zero-order chi connectivity index (χ0) is 22.4. The Bertz CT molecular complexity index is 714. The molecule has 30 heavy (non-hydrogen) atoms. The molecular formula is C21H29F3N2O4. The minimum atomic E-state index is -4.72. The highest BCUT2D eigenvalue weighted by Crippen LogP contribution is 2.23. The zero-order valence-corrected chi connectivity index (χ0v) is 17.6. The lowest BCUT2D eigenvalue weighted by molar-refractivity contribution is -0.274. The van der Waals surface area contributed by atoms with Crippen molar-refractivity contribution in [3.8, 4) is 5.75 Å². The molecule has 168 valence electrons. The predicted octanol–water partition coefficient (Wildman–Crippen LogP) is 4.28. The van der Waals surface area contributed by atoms with Crippen molar-refractivity contribution < 1.29 is 32.2 Å². The van der Waals surface area contributed by atoms with Crippen molar-refractivity contribution in [3.05, 3.63) is 29.8 Å². The molecule has 1 fully saturated rings. The first-order valence-corrected chi connectivity index (χ1v) is 10.0. The summed E-state index contributed by atoms with van der Waals surface area (Å²) in [5.74, 6) is -0.267. The lowest BCUT2D eigenvalue weighted by Crippen LogP contribution is -2.45. The molecule has 1 aromatic carbocycles. The molecule has 2 amide bonds. The Morgan fingerprint density at radius 2 is 1.83 bits per heavy atom. The number of hydrogen-bond donors (Lipinski definition) is 1. The first-order valence-electron chi connectivity index (χ1n) is 10.0. The second-order valence-electron chi connectivity index (χ2n) is 8.43. The number of benzene rings is 1. The van der Waals surface area contributed by atoms with Crippen molar-refractivity contribution in [3.63, 3.8) is 0 Å². The molecular weight excluding hydrogens is 401 g/mol. The summed E-state index contributed by atoms with van der Waals surface area (Å²) < 4.78 is 45.7. The third-order valence-electron chi connectivity index (χ3n) is 4.56. The molecule has 0 aromatic heterocycles. The van der Waals surface area contributed by atoms with Gasteiger partial charge in [-0.15, -0.1) is 13.2 Å². The molecule has 9 heteroatoms. The van der Waals surface area contributed by atoms with Gasteiger partial charge in [-0.2, -0.15) is 0 Å². The molecule has 0 saturated carbocycles. The maximum Gasteiger partial charge on any atom is 0.573 e. The van der Waals surface area contributed by atoms with Crippen molar-refractivity contribution in [2.45, 2.75) is 58.4 Å². The van der Waals surface area contributed by atoms with E-state index >= 15 is 0 Å². The van der Waals surface area contributed by atoms with E-state index < -0.39 is 12.0 Å². The van der Waals surface area contributed by atoms with E-state index in [2.05, 4.69) is 10.1 Å². The van der Waals surface area contributed by atoms with Crippen LogP contribution in [0.15, 0.2) is 24.3 Å². The van der Waals surface area contributed by atoms with Crippen LogP contribution in [0.25, 0.3) is 0 Å². The monoisotopic (exact) mass is 430 g/mol. The van der Waals surface area contributed by atoms with Crippen LogP contribution in [0.3, 0.4) is 0 Å². The van der Waals surface area contributed by atoms with Crippen LogP contribution >= 0.6 is 0 Å². The fraction of sp³-hybridized carbons (Fsp3) is 0.619. The number of piperidine rings is 1. The number of carbonyl (C=O) groups is 2. The number of hydrogen-bond acceptors (Lipinski definition) is 4. The Morgan fingerprint density at radius 3 is 2.43 bits per heavy atom. The minimum Gasteiger partial charge on any atom is -0.444 e. The maximum absolute atomic E-state index is 12.2. The van der Waals surface area contributed by atoms with Gasteiger partial charge in [0, 0.05) is 26.1 Å². The van der Waals surface area contributed by atoms with Crippen molar-refractivity contribution in [1.82, 2.24) is 10.2 Å². The topological polar surface area (TPSA) is 67.9 Å². The van der Waals surface area contributed by atoms with E-state index in [-0.39, 0.29) is 30.1 Å². The number of amides is 2. The quantitative estimate of drug-likeness (QED) is 0.732. The first kappa shape index (κ1) is 23.8. The van der Waals surface area contributed by atoms with E-state index in [9.17, 15) is 22.8 Å². The molecule has 0 aliphatic carbocycles. The normalized spacial score (nSPS) is 17.4. The highest BCUT2D eigenvalue weighted by Gasteiger charge is 2.31. The van der Waals surface area contributed by atoms with E-state index in [1.54, 1.807) is 4.90 Å². The number of ether oxygens (including phenoxy) is 2. The molecule has 1 atom stereocenters. The van der Waals surface area contributed by atoms with Gasteiger partial charge in [-0.3, -0.25) is 4.79 Å². The van der Waals surface area contributed by atoms with Gasteiger partial charge < -0.3 is 19.7 Å². The highest BCUT2D eigenvalue weighted by molar-refractivity contribution is 5.76. The molecule has 1 heterocycles. The zero-order valence-electron chi connectivity index (χ0n) is 17.6. The van der Waals surface area contributed by atoms with Crippen LogP contribution in [-0.2, 0) is 16.0 Å². The van der Waals surface area contributed by atoms with Crippen LogP contribution in [0.5, 0.6) is 5.75 Å². The second-order valence-corrected chi connectivity index (χ2v) is 8.43.